The highest BCUT2D eigenvalue weighted by atomic mass is 35.5. The fourth-order valence-electron chi connectivity index (χ4n) is 2.26. The number of aliphatic hydroxyl groups is 1. The molecule has 0 bridgehead atoms. The van der Waals surface area contributed by atoms with Crippen LogP contribution in [0.4, 0.5) is 5.69 Å². The van der Waals surface area contributed by atoms with Gasteiger partial charge in [0.25, 0.3) is 0 Å². The van der Waals surface area contributed by atoms with Crippen molar-refractivity contribution in [3.05, 3.63) is 65.3 Å². The van der Waals surface area contributed by atoms with E-state index in [2.05, 4.69) is 10.3 Å². The highest BCUT2D eigenvalue weighted by molar-refractivity contribution is 6.31. The van der Waals surface area contributed by atoms with E-state index in [0.717, 1.165) is 5.39 Å². The van der Waals surface area contributed by atoms with E-state index in [-0.39, 0.29) is 17.0 Å². The van der Waals surface area contributed by atoms with Crippen LogP contribution in [-0.2, 0) is 0 Å². The zero-order valence-electron chi connectivity index (χ0n) is 11.9. The first-order valence-electron chi connectivity index (χ1n) is 6.87. The molecule has 6 heteroatoms. The molecule has 0 aliphatic rings. The number of halogens is 1. The number of aliphatic hydroxyl groups excluding tert-OH is 1. The molecular formula is C17H13ClN2O3. The molecule has 0 radical (unpaired) electrons. The molecular weight excluding hydrogens is 316 g/mol. The predicted octanol–water partition coefficient (Wildman–Crippen LogP) is 3.21. The van der Waals surface area contributed by atoms with Gasteiger partial charge < -0.3 is 15.5 Å². The largest absolute Gasteiger partial charge is 0.504 e. The van der Waals surface area contributed by atoms with Gasteiger partial charge in [0.15, 0.2) is 12.0 Å². The quantitative estimate of drug-likeness (QED) is 0.389. The number of hydrogen-bond donors (Lipinski definition) is 3. The van der Waals surface area contributed by atoms with Crippen molar-refractivity contribution in [1.82, 2.24) is 4.98 Å². The van der Waals surface area contributed by atoms with E-state index < -0.39 is 12.0 Å². The average Bonchev–Trinajstić information content (AvgIpc) is 2.57. The van der Waals surface area contributed by atoms with Gasteiger partial charge in [-0.2, -0.15) is 0 Å². The number of nitrogens with zero attached hydrogens (tertiary/aromatic N) is 1. The molecule has 0 saturated heterocycles. The molecule has 5 nitrogen and oxygen atoms in total. The number of benzene rings is 2. The maximum Gasteiger partial charge on any atom is 0.211 e. The molecule has 116 valence electrons. The van der Waals surface area contributed by atoms with E-state index in [1.807, 2.05) is 0 Å². The van der Waals surface area contributed by atoms with Crippen LogP contribution in [-0.4, -0.2) is 27.2 Å². The van der Waals surface area contributed by atoms with Crippen LogP contribution in [0.5, 0.6) is 5.75 Å². The van der Waals surface area contributed by atoms with Crippen molar-refractivity contribution in [2.45, 2.75) is 6.23 Å². The summed E-state index contributed by atoms with van der Waals surface area (Å²) in [5.41, 5.74) is 0.884. The van der Waals surface area contributed by atoms with Gasteiger partial charge in [0.2, 0.25) is 5.78 Å². The van der Waals surface area contributed by atoms with Gasteiger partial charge in [-0.25, -0.2) is 0 Å². The summed E-state index contributed by atoms with van der Waals surface area (Å²) < 4.78 is 0. The first kappa shape index (κ1) is 15.3. The Morgan fingerprint density at radius 2 is 2.00 bits per heavy atom. The Hall–Kier alpha value is -2.63. The van der Waals surface area contributed by atoms with Gasteiger partial charge >= 0.3 is 0 Å². The molecule has 3 aromatic rings. The molecule has 1 unspecified atom stereocenters. The predicted molar refractivity (Wildman–Crippen MR) is 88.8 cm³/mol. The van der Waals surface area contributed by atoms with E-state index in [4.69, 9.17) is 11.6 Å². The van der Waals surface area contributed by atoms with Crippen LogP contribution in [0.25, 0.3) is 10.9 Å². The van der Waals surface area contributed by atoms with E-state index in [9.17, 15) is 15.0 Å². The van der Waals surface area contributed by atoms with Gasteiger partial charge in [-0.3, -0.25) is 9.78 Å². The fourth-order valence-corrected chi connectivity index (χ4v) is 2.45. The standard InChI is InChI=1S/C17H13ClN2O3/c18-12-5-1-3-11(9-12)15(21)17(23)20-13-7-6-10-4-2-8-19-14(10)16(13)22/h1-9,17,20,22-23H. The second-order valence-electron chi connectivity index (χ2n) is 4.96. The molecule has 0 spiro atoms. The van der Waals surface area contributed by atoms with E-state index in [0.29, 0.717) is 10.5 Å². The summed E-state index contributed by atoms with van der Waals surface area (Å²) in [4.78, 5) is 16.3. The molecule has 1 aromatic heterocycles. The summed E-state index contributed by atoms with van der Waals surface area (Å²) in [5, 5.41) is 24.1. The zero-order valence-corrected chi connectivity index (χ0v) is 12.7. The normalized spacial score (nSPS) is 12.1. The summed E-state index contributed by atoms with van der Waals surface area (Å²) in [7, 11) is 0. The van der Waals surface area contributed by atoms with Gasteiger partial charge in [-0.1, -0.05) is 35.9 Å². The van der Waals surface area contributed by atoms with Gasteiger partial charge in [0, 0.05) is 22.2 Å². The van der Waals surface area contributed by atoms with Crippen molar-refractivity contribution >= 4 is 34.0 Å². The summed E-state index contributed by atoms with van der Waals surface area (Å²) in [6.07, 6.45) is 0.0415. The number of nitrogens with one attached hydrogen (secondary N) is 1. The van der Waals surface area contributed by atoms with Crippen molar-refractivity contribution in [2.75, 3.05) is 5.32 Å². The number of phenols is 1. The minimum atomic E-state index is -1.51. The van der Waals surface area contributed by atoms with Crippen LogP contribution >= 0.6 is 11.6 Å². The van der Waals surface area contributed by atoms with Crippen LogP contribution in [0.2, 0.25) is 5.02 Å². The fraction of sp³-hybridized carbons (Fsp3) is 0.0588. The molecule has 1 atom stereocenters. The number of aromatic hydroxyl groups is 1. The highest BCUT2D eigenvalue weighted by Crippen LogP contribution is 2.31. The summed E-state index contributed by atoms with van der Waals surface area (Å²) in [6, 6.07) is 13.2. The van der Waals surface area contributed by atoms with Gasteiger partial charge in [-0.15, -0.1) is 0 Å². The number of rotatable bonds is 4. The lowest BCUT2D eigenvalue weighted by molar-refractivity contribution is 0.0793. The number of Topliss-reactive ketones (excluding diaryl/α,β-unsaturated/α-hetero) is 1. The number of pyridine rings is 1. The lowest BCUT2D eigenvalue weighted by Gasteiger charge is -2.15. The maximum atomic E-state index is 12.2. The number of hydrogen-bond acceptors (Lipinski definition) is 5. The van der Waals surface area contributed by atoms with Crippen LogP contribution in [0.15, 0.2) is 54.7 Å². The Balaban J connectivity index is 1.86. The molecule has 3 N–H and O–H groups in total. The third-order valence-electron chi connectivity index (χ3n) is 3.40. The van der Waals surface area contributed by atoms with Crippen molar-refractivity contribution in [1.29, 1.82) is 0 Å². The molecule has 0 aliphatic heterocycles. The smallest absolute Gasteiger partial charge is 0.211 e. The van der Waals surface area contributed by atoms with Gasteiger partial charge in [0.1, 0.15) is 5.52 Å². The number of ketones is 1. The van der Waals surface area contributed by atoms with E-state index in [1.165, 1.54) is 6.07 Å². The Morgan fingerprint density at radius 3 is 2.78 bits per heavy atom. The molecule has 23 heavy (non-hydrogen) atoms. The topological polar surface area (TPSA) is 82.5 Å². The van der Waals surface area contributed by atoms with Crippen LogP contribution in [0.3, 0.4) is 0 Å². The highest BCUT2D eigenvalue weighted by Gasteiger charge is 2.19. The van der Waals surface area contributed by atoms with Crippen molar-refractivity contribution in [3.63, 3.8) is 0 Å². The Kier molecular flexibility index (Phi) is 4.14. The minimum Gasteiger partial charge on any atom is -0.504 e. The van der Waals surface area contributed by atoms with E-state index in [1.54, 1.807) is 48.7 Å². The SMILES string of the molecule is O=C(c1cccc(Cl)c1)C(O)Nc1ccc2cccnc2c1O. The van der Waals surface area contributed by atoms with Crippen LogP contribution < -0.4 is 5.32 Å². The third kappa shape index (κ3) is 3.11. The maximum absolute atomic E-state index is 12.2. The molecule has 0 saturated carbocycles. The Morgan fingerprint density at radius 1 is 1.17 bits per heavy atom. The zero-order chi connectivity index (χ0) is 16.4. The molecule has 3 rings (SSSR count). The average molecular weight is 329 g/mol. The first-order chi connectivity index (χ1) is 11.1. The number of phenolic OH excluding ortho intramolecular Hbond substituents is 1. The number of anilines is 1. The summed E-state index contributed by atoms with van der Waals surface area (Å²) in [5.74, 6) is -0.672. The second kappa shape index (κ2) is 6.24. The third-order valence-corrected chi connectivity index (χ3v) is 3.63. The van der Waals surface area contributed by atoms with Crippen molar-refractivity contribution in [3.8, 4) is 5.75 Å². The number of carbonyl (C=O) groups excluding carboxylic acids is 1. The Bertz CT molecular complexity index is 883. The molecule has 2 aromatic carbocycles. The van der Waals surface area contributed by atoms with E-state index >= 15 is 0 Å². The lowest BCUT2D eigenvalue weighted by atomic mass is 10.1. The van der Waals surface area contributed by atoms with Crippen LogP contribution in [0, 0.1) is 0 Å². The molecule has 0 amide bonds. The monoisotopic (exact) mass is 328 g/mol. The van der Waals surface area contributed by atoms with Gasteiger partial charge in [0.05, 0.1) is 5.69 Å². The minimum absolute atomic E-state index is 0.124. The van der Waals surface area contributed by atoms with Crippen molar-refractivity contribution < 1.29 is 15.0 Å². The van der Waals surface area contributed by atoms with Crippen LogP contribution in [0.1, 0.15) is 10.4 Å². The first-order valence-corrected chi connectivity index (χ1v) is 7.25. The molecule has 1 heterocycles. The number of carbonyl (C=O) groups is 1. The Labute approximate surface area is 137 Å². The lowest BCUT2D eigenvalue weighted by Crippen LogP contribution is -2.29. The number of aromatic nitrogens is 1. The summed E-state index contributed by atoms with van der Waals surface area (Å²) in [6.45, 7) is 0. The second-order valence-corrected chi connectivity index (χ2v) is 5.39. The number of fused-ring (bicyclic) bond motifs is 1. The van der Waals surface area contributed by atoms with Gasteiger partial charge in [-0.05, 0) is 24.3 Å². The summed E-state index contributed by atoms with van der Waals surface area (Å²) >= 11 is 5.84. The molecule has 0 aliphatic carbocycles. The molecule has 0 fully saturated rings. The van der Waals surface area contributed by atoms with Crippen molar-refractivity contribution in [2.24, 2.45) is 0 Å².